The van der Waals surface area contributed by atoms with Crippen LogP contribution in [0.2, 0.25) is 0 Å². The number of anilines is 1. The summed E-state index contributed by atoms with van der Waals surface area (Å²) in [6.45, 7) is 1.97. The van der Waals surface area contributed by atoms with E-state index in [-0.39, 0.29) is 11.9 Å². The van der Waals surface area contributed by atoms with Crippen LogP contribution in [0.1, 0.15) is 12.5 Å². The molecule has 0 spiro atoms. The number of nitrogen functional groups attached to an aromatic ring is 1. The van der Waals surface area contributed by atoms with Gasteiger partial charge in [0, 0.05) is 24.2 Å². The maximum Gasteiger partial charge on any atom is 0.262 e. The number of amides is 1. The van der Waals surface area contributed by atoms with Gasteiger partial charge in [-0.1, -0.05) is 24.0 Å². The molecule has 2 N–H and O–H groups in total. The molecular formula is C21H18BN5O. The van der Waals surface area contributed by atoms with E-state index in [0.29, 0.717) is 22.6 Å². The van der Waals surface area contributed by atoms with Crippen molar-refractivity contribution >= 4 is 36.3 Å². The Hall–Kier alpha value is -3.66. The molecule has 6 nitrogen and oxygen atoms in total. The summed E-state index contributed by atoms with van der Waals surface area (Å²) >= 11 is 0. The van der Waals surface area contributed by atoms with Crippen molar-refractivity contribution in [3.8, 4) is 23.1 Å². The van der Waals surface area contributed by atoms with Crippen LogP contribution in [0.15, 0.2) is 48.0 Å². The molecule has 0 radical (unpaired) electrons. The average molecular weight is 367 g/mol. The van der Waals surface area contributed by atoms with Crippen LogP contribution in [-0.4, -0.2) is 46.7 Å². The third kappa shape index (κ3) is 3.21. The molecule has 3 aromatic rings. The van der Waals surface area contributed by atoms with Crippen LogP contribution in [0, 0.1) is 11.8 Å². The number of pyridine rings is 1. The zero-order valence-electron chi connectivity index (χ0n) is 15.9. The monoisotopic (exact) mass is 367 g/mol. The minimum absolute atomic E-state index is 0.0434. The second kappa shape index (κ2) is 6.82. The highest BCUT2D eigenvalue weighted by Crippen LogP contribution is 2.22. The summed E-state index contributed by atoms with van der Waals surface area (Å²) in [5.41, 5.74) is 10.9. The van der Waals surface area contributed by atoms with E-state index < -0.39 is 0 Å². The number of aromatic nitrogens is 3. The van der Waals surface area contributed by atoms with Crippen LogP contribution in [-0.2, 0) is 4.79 Å². The van der Waals surface area contributed by atoms with Gasteiger partial charge in [0.05, 0.1) is 22.5 Å². The number of carbonyl (C=O) groups excluding carboxylic acids is 1. The number of benzene rings is 1. The van der Waals surface area contributed by atoms with Crippen LogP contribution in [0.5, 0.6) is 0 Å². The molecule has 0 saturated carbocycles. The molecule has 0 fully saturated rings. The minimum Gasteiger partial charge on any atom is -0.382 e. The van der Waals surface area contributed by atoms with E-state index in [2.05, 4.69) is 26.8 Å². The van der Waals surface area contributed by atoms with Crippen LogP contribution in [0.3, 0.4) is 0 Å². The largest absolute Gasteiger partial charge is 0.382 e. The predicted molar refractivity (Wildman–Crippen MR) is 113 cm³/mol. The zero-order valence-corrected chi connectivity index (χ0v) is 15.9. The summed E-state index contributed by atoms with van der Waals surface area (Å²) in [5.74, 6) is 6.40. The van der Waals surface area contributed by atoms with Gasteiger partial charge in [0.2, 0.25) is 0 Å². The lowest BCUT2D eigenvalue weighted by Gasteiger charge is -2.13. The van der Waals surface area contributed by atoms with Crippen LogP contribution in [0.4, 0.5) is 5.82 Å². The summed E-state index contributed by atoms with van der Waals surface area (Å²) in [6, 6.07) is 11.6. The summed E-state index contributed by atoms with van der Waals surface area (Å²) < 4.78 is 0. The second-order valence-corrected chi connectivity index (χ2v) is 6.79. The molecule has 1 aliphatic rings. The highest BCUT2D eigenvalue weighted by Gasteiger charge is 2.24. The van der Waals surface area contributed by atoms with E-state index in [1.807, 2.05) is 49.4 Å². The highest BCUT2D eigenvalue weighted by atomic mass is 16.2. The van der Waals surface area contributed by atoms with Gasteiger partial charge in [-0.2, -0.15) is 0 Å². The van der Waals surface area contributed by atoms with E-state index >= 15 is 0 Å². The van der Waals surface area contributed by atoms with Crippen LogP contribution >= 0.6 is 0 Å². The summed E-state index contributed by atoms with van der Waals surface area (Å²) in [7, 11) is 3.58. The number of nitrogens with zero attached hydrogens (tertiary/aromatic N) is 4. The molecule has 4 rings (SSSR count). The third-order valence-corrected chi connectivity index (χ3v) is 4.75. The summed E-state index contributed by atoms with van der Waals surface area (Å²) in [6.07, 6.45) is 1.88. The Morgan fingerprint density at radius 3 is 2.71 bits per heavy atom. The second-order valence-electron chi connectivity index (χ2n) is 6.79. The van der Waals surface area contributed by atoms with Gasteiger partial charge >= 0.3 is 0 Å². The highest BCUT2D eigenvalue weighted by molar-refractivity contribution is 6.29. The van der Waals surface area contributed by atoms with Crippen LogP contribution in [0.25, 0.3) is 22.3 Å². The first-order chi connectivity index (χ1) is 13.4. The Morgan fingerprint density at radius 1 is 1.14 bits per heavy atom. The van der Waals surface area contributed by atoms with Crippen molar-refractivity contribution in [2.45, 2.75) is 13.0 Å². The summed E-state index contributed by atoms with van der Waals surface area (Å²) in [4.78, 5) is 27.0. The molecule has 1 aliphatic heterocycles. The molecule has 1 aromatic carbocycles. The Labute approximate surface area is 163 Å². The smallest absolute Gasteiger partial charge is 0.262 e. The maximum atomic E-state index is 12.1. The van der Waals surface area contributed by atoms with E-state index in [9.17, 15) is 4.79 Å². The van der Waals surface area contributed by atoms with E-state index in [1.165, 1.54) is 0 Å². The average Bonchev–Trinajstić information content (AvgIpc) is 2.93. The predicted octanol–water partition coefficient (Wildman–Crippen LogP) is 0.671. The lowest BCUT2D eigenvalue weighted by molar-refractivity contribution is -0.125. The Bertz CT molecular complexity index is 1210. The van der Waals surface area contributed by atoms with Crippen molar-refractivity contribution in [3.05, 3.63) is 53.6 Å². The van der Waals surface area contributed by atoms with Gasteiger partial charge in [-0.05, 0) is 37.3 Å². The first kappa shape index (κ1) is 17.7. The van der Waals surface area contributed by atoms with Crippen molar-refractivity contribution in [2.75, 3.05) is 12.8 Å². The van der Waals surface area contributed by atoms with Gasteiger partial charge in [0.1, 0.15) is 5.52 Å². The van der Waals surface area contributed by atoms with Crippen molar-refractivity contribution in [2.24, 2.45) is 0 Å². The van der Waals surface area contributed by atoms with E-state index in [1.54, 1.807) is 19.8 Å². The van der Waals surface area contributed by atoms with Crippen molar-refractivity contribution in [1.29, 1.82) is 0 Å². The first-order valence-electron chi connectivity index (χ1n) is 8.94. The Kier molecular flexibility index (Phi) is 4.32. The molecule has 1 amide bonds. The molecule has 0 bridgehead atoms. The minimum atomic E-state index is -0.0434. The van der Waals surface area contributed by atoms with Gasteiger partial charge in [-0.15, -0.1) is 0 Å². The van der Waals surface area contributed by atoms with Gasteiger partial charge < -0.3 is 10.6 Å². The molecule has 1 atom stereocenters. The lowest BCUT2D eigenvalue weighted by atomic mass is 10.1. The van der Waals surface area contributed by atoms with Gasteiger partial charge in [-0.3, -0.25) is 4.79 Å². The molecule has 136 valence electrons. The molecule has 0 aliphatic carbocycles. The number of rotatable bonds is 1. The number of carbonyl (C=O) groups is 1. The van der Waals surface area contributed by atoms with E-state index in [4.69, 9.17) is 5.73 Å². The lowest BCUT2D eigenvalue weighted by Crippen LogP contribution is -2.27. The Morgan fingerprint density at radius 2 is 1.96 bits per heavy atom. The fourth-order valence-electron chi connectivity index (χ4n) is 3.11. The number of nitrogens with two attached hydrogens (primary N) is 1. The van der Waals surface area contributed by atoms with Crippen molar-refractivity contribution < 1.29 is 4.79 Å². The van der Waals surface area contributed by atoms with Gasteiger partial charge in [0.15, 0.2) is 13.7 Å². The number of hydrogen-bond acceptors (Lipinski definition) is 5. The molecular weight excluding hydrogens is 349 g/mol. The Balaban J connectivity index is 1.69. The normalized spacial score (nSPS) is 16.1. The molecule has 28 heavy (non-hydrogen) atoms. The zero-order chi connectivity index (χ0) is 19.8. The number of hydrogen-bond donors (Lipinski definition) is 1. The SMILES string of the molecule is Bc1nc(N)c2nc(-c3cccc(C#CC4=C[C@@H](C)N(C)C4=O)c3)ccc2n1. The van der Waals surface area contributed by atoms with Crippen LogP contribution < -0.4 is 11.5 Å². The quantitative estimate of drug-likeness (QED) is 0.505. The standard InChI is InChI=1S/C21H18BN5O/c1-12-10-15(20(28)27(12)2)7-6-13-4-3-5-14(11-13)16-8-9-17-18(24-16)19(23)26-21(22)25-17/h3-5,8-12H,22H2,1-2H3,(H2,23,25,26)/t12-/m1/s1. The topological polar surface area (TPSA) is 85.0 Å². The molecule has 0 unspecified atom stereocenters. The fourth-order valence-corrected chi connectivity index (χ4v) is 3.11. The molecule has 3 heterocycles. The fraction of sp³-hybridized carbons (Fsp3) is 0.143. The van der Waals surface area contributed by atoms with Crippen molar-refractivity contribution in [3.63, 3.8) is 0 Å². The third-order valence-electron chi connectivity index (χ3n) is 4.75. The molecule has 2 aromatic heterocycles. The maximum absolute atomic E-state index is 12.1. The number of likely N-dealkylation sites (N-methyl/N-ethyl adjacent to an activating group) is 1. The van der Waals surface area contributed by atoms with Gasteiger partial charge in [-0.25, -0.2) is 15.0 Å². The van der Waals surface area contributed by atoms with Gasteiger partial charge in [0.25, 0.3) is 5.91 Å². The van der Waals surface area contributed by atoms with E-state index in [0.717, 1.165) is 22.3 Å². The molecule has 7 heteroatoms. The summed E-state index contributed by atoms with van der Waals surface area (Å²) in [5, 5.41) is 0. The van der Waals surface area contributed by atoms with Crippen molar-refractivity contribution in [1.82, 2.24) is 19.9 Å². The molecule has 0 saturated heterocycles. The first-order valence-corrected chi connectivity index (χ1v) is 8.94. The number of fused-ring (bicyclic) bond motifs is 1.